The molecule has 0 heterocycles. The summed E-state index contributed by atoms with van der Waals surface area (Å²) in [5.74, 6) is -0.0401. The van der Waals surface area contributed by atoms with Gasteiger partial charge in [0.2, 0.25) is 0 Å². The van der Waals surface area contributed by atoms with Crippen LogP contribution in [0, 0.1) is 0 Å². The molecule has 0 aliphatic heterocycles. The van der Waals surface area contributed by atoms with Crippen molar-refractivity contribution < 1.29 is 22.7 Å². The third-order valence-electron chi connectivity index (χ3n) is 4.01. The summed E-state index contributed by atoms with van der Waals surface area (Å²) < 4.78 is 43.5. The van der Waals surface area contributed by atoms with Crippen LogP contribution in [0.15, 0.2) is 24.3 Å². The van der Waals surface area contributed by atoms with E-state index in [1.165, 1.54) is 12.1 Å². The topological polar surface area (TPSA) is 38.3 Å². The number of carbonyl (C=O) groups excluding carboxylic acids is 1. The first-order valence-electron chi connectivity index (χ1n) is 9.17. The highest BCUT2D eigenvalue weighted by molar-refractivity contribution is 5.67. The lowest BCUT2D eigenvalue weighted by atomic mass is 9.92. The number of hydrogen-bond acceptors (Lipinski definition) is 2. The number of ether oxygens (including phenoxy) is 1. The van der Waals surface area contributed by atoms with Crippen LogP contribution in [0.2, 0.25) is 0 Å². The highest BCUT2D eigenvalue weighted by atomic mass is 19.4. The van der Waals surface area contributed by atoms with Gasteiger partial charge in [-0.15, -0.1) is 0 Å². The highest BCUT2D eigenvalue weighted by Gasteiger charge is 2.30. The minimum atomic E-state index is -4.34. The molecule has 148 valence electrons. The first-order valence-corrected chi connectivity index (χ1v) is 9.17. The van der Waals surface area contributed by atoms with E-state index in [9.17, 15) is 18.0 Å². The lowest BCUT2D eigenvalue weighted by molar-refractivity contribution is -0.137. The van der Waals surface area contributed by atoms with Gasteiger partial charge in [-0.05, 0) is 44.9 Å². The number of alkyl carbamates (subject to hydrolysis) is 1. The second-order valence-corrected chi connectivity index (χ2v) is 7.55. The Morgan fingerprint density at radius 1 is 1.08 bits per heavy atom. The molecule has 1 aromatic carbocycles. The maximum atomic E-state index is 12.7. The molecule has 0 aromatic heterocycles. The molecule has 0 saturated heterocycles. The molecule has 1 rings (SSSR count). The number of unbranched alkanes of at least 4 members (excludes halogenated alkanes) is 3. The quantitative estimate of drug-likeness (QED) is 0.544. The van der Waals surface area contributed by atoms with Gasteiger partial charge in [-0.2, -0.15) is 13.2 Å². The van der Waals surface area contributed by atoms with Gasteiger partial charge in [-0.3, -0.25) is 0 Å². The minimum absolute atomic E-state index is 0.0401. The number of alkyl halides is 3. The number of carbonyl (C=O) groups is 1. The minimum Gasteiger partial charge on any atom is -0.444 e. The van der Waals surface area contributed by atoms with Crippen LogP contribution in [0.3, 0.4) is 0 Å². The van der Waals surface area contributed by atoms with Crippen molar-refractivity contribution in [2.75, 3.05) is 6.54 Å². The van der Waals surface area contributed by atoms with Crippen molar-refractivity contribution in [1.82, 2.24) is 5.32 Å². The van der Waals surface area contributed by atoms with Gasteiger partial charge in [-0.1, -0.05) is 44.7 Å². The number of amides is 1. The van der Waals surface area contributed by atoms with E-state index < -0.39 is 23.4 Å². The van der Waals surface area contributed by atoms with E-state index >= 15 is 0 Å². The summed E-state index contributed by atoms with van der Waals surface area (Å²) in [4.78, 5) is 11.9. The SMILES string of the molecule is CCCCCCC(CNC(=O)OC(C)(C)C)c1ccc(C(F)(F)F)cc1. The van der Waals surface area contributed by atoms with Crippen LogP contribution < -0.4 is 5.32 Å². The van der Waals surface area contributed by atoms with E-state index in [1.807, 2.05) is 0 Å². The number of hydrogen-bond donors (Lipinski definition) is 1. The molecule has 0 aliphatic rings. The third kappa shape index (κ3) is 8.59. The maximum absolute atomic E-state index is 12.7. The van der Waals surface area contributed by atoms with E-state index in [0.717, 1.165) is 49.8 Å². The Balaban J connectivity index is 2.76. The Bertz CT molecular complexity index is 548. The number of nitrogens with one attached hydrogen (secondary N) is 1. The molecule has 26 heavy (non-hydrogen) atoms. The number of rotatable bonds is 8. The zero-order valence-electron chi connectivity index (χ0n) is 16.1. The van der Waals surface area contributed by atoms with Crippen molar-refractivity contribution >= 4 is 6.09 Å². The van der Waals surface area contributed by atoms with Gasteiger partial charge in [0.05, 0.1) is 5.56 Å². The smallest absolute Gasteiger partial charge is 0.416 e. The molecule has 0 spiro atoms. The molecular weight excluding hydrogens is 343 g/mol. The average Bonchev–Trinajstić information content (AvgIpc) is 2.52. The lowest BCUT2D eigenvalue weighted by Gasteiger charge is -2.22. The molecule has 1 amide bonds. The molecule has 1 atom stereocenters. The molecular formula is C20H30F3NO2. The standard InChI is InChI=1S/C20H30F3NO2/c1-5-6-7-8-9-16(14-24-18(25)26-19(2,3)4)15-10-12-17(13-11-15)20(21,22)23/h10-13,16H,5-9,14H2,1-4H3,(H,24,25). The van der Waals surface area contributed by atoms with Gasteiger partial charge in [-0.25, -0.2) is 4.79 Å². The van der Waals surface area contributed by atoms with Gasteiger partial charge in [0.1, 0.15) is 5.60 Å². The average molecular weight is 373 g/mol. The second-order valence-electron chi connectivity index (χ2n) is 7.55. The third-order valence-corrected chi connectivity index (χ3v) is 4.01. The summed E-state index contributed by atoms with van der Waals surface area (Å²) >= 11 is 0. The fourth-order valence-electron chi connectivity index (χ4n) is 2.67. The molecule has 0 saturated carbocycles. The predicted molar refractivity (Wildman–Crippen MR) is 97.2 cm³/mol. The van der Waals surface area contributed by atoms with Crippen molar-refractivity contribution in [3.63, 3.8) is 0 Å². The predicted octanol–water partition coefficient (Wildman–Crippen LogP) is 6.28. The molecule has 1 unspecified atom stereocenters. The Hall–Kier alpha value is -1.72. The van der Waals surface area contributed by atoms with Gasteiger partial charge < -0.3 is 10.1 Å². The molecule has 1 N–H and O–H groups in total. The Labute approximate surface area is 154 Å². The monoisotopic (exact) mass is 373 g/mol. The Morgan fingerprint density at radius 3 is 2.19 bits per heavy atom. The Kier molecular flexibility index (Phi) is 8.44. The van der Waals surface area contributed by atoms with Crippen LogP contribution in [-0.2, 0) is 10.9 Å². The largest absolute Gasteiger partial charge is 0.444 e. The van der Waals surface area contributed by atoms with Crippen molar-refractivity contribution in [3.05, 3.63) is 35.4 Å². The fourth-order valence-corrected chi connectivity index (χ4v) is 2.67. The van der Waals surface area contributed by atoms with E-state index in [4.69, 9.17) is 4.74 Å². The van der Waals surface area contributed by atoms with Crippen LogP contribution in [0.1, 0.15) is 76.8 Å². The Morgan fingerprint density at radius 2 is 1.69 bits per heavy atom. The van der Waals surface area contributed by atoms with Gasteiger partial charge in [0.25, 0.3) is 0 Å². The molecule has 6 heteroatoms. The molecule has 0 radical (unpaired) electrons. The second kappa shape index (κ2) is 9.83. The summed E-state index contributed by atoms with van der Waals surface area (Å²) in [7, 11) is 0. The van der Waals surface area contributed by atoms with Crippen LogP contribution in [0.5, 0.6) is 0 Å². The van der Waals surface area contributed by atoms with Crippen molar-refractivity contribution in [1.29, 1.82) is 0 Å². The van der Waals surface area contributed by atoms with Gasteiger partial charge in [0, 0.05) is 12.5 Å². The first-order chi connectivity index (χ1) is 12.0. The van der Waals surface area contributed by atoms with Gasteiger partial charge in [0.15, 0.2) is 0 Å². The van der Waals surface area contributed by atoms with Crippen molar-refractivity contribution in [3.8, 4) is 0 Å². The summed E-state index contributed by atoms with van der Waals surface area (Å²) in [5.41, 5.74) is -0.452. The first kappa shape index (κ1) is 22.3. The number of halogens is 3. The molecule has 0 fully saturated rings. The summed E-state index contributed by atoms with van der Waals surface area (Å²) in [6, 6.07) is 5.21. The van der Waals surface area contributed by atoms with Crippen LogP contribution in [0.25, 0.3) is 0 Å². The van der Waals surface area contributed by atoms with E-state index in [2.05, 4.69) is 12.2 Å². The van der Waals surface area contributed by atoms with E-state index in [0.29, 0.717) is 6.54 Å². The zero-order valence-corrected chi connectivity index (χ0v) is 16.1. The van der Waals surface area contributed by atoms with Crippen LogP contribution in [0.4, 0.5) is 18.0 Å². The summed E-state index contributed by atoms with van der Waals surface area (Å²) in [6.07, 6.45) is 0.226. The molecule has 3 nitrogen and oxygen atoms in total. The summed E-state index contributed by atoms with van der Waals surface area (Å²) in [5, 5.41) is 2.74. The van der Waals surface area contributed by atoms with Crippen LogP contribution in [-0.4, -0.2) is 18.2 Å². The summed E-state index contributed by atoms with van der Waals surface area (Å²) in [6.45, 7) is 7.81. The fraction of sp³-hybridized carbons (Fsp3) is 0.650. The lowest BCUT2D eigenvalue weighted by Crippen LogP contribution is -2.34. The van der Waals surface area contributed by atoms with E-state index in [-0.39, 0.29) is 5.92 Å². The normalized spacial score (nSPS) is 13.3. The van der Waals surface area contributed by atoms with Crippen LogP contribution >= 0.6 is 0 Å². The van der Waals surface area contributed by atoms with E-state index in [1.54, 1.807) is 20.8 Å². The van der Waals surface area contributed by atoms with Crippen molar-refractivity contribution in [2.45, 2.75) is 77.5 Å². The highest BCUT2D eigenvalue weighted by Crippen LogP contribution is 2.31. The molecule has 1 aromatic rings. The zero-order chi connectivity index (χ0) is 19.8. The van der Waals surface area contributed by atoms with Crippen molar-refractivity contribution in [2.24, 2.45) is 0 Å². The maximum Gasteiger partial charge on any atom is 0.416 e. The van der Waals surface area contributed by atoms with Gasteiger partial charge >= 0.3 is 12.3 Å². The molecule has 0 aliphatic carbocycles. The molecule has 0 bridgehead atoms. The number of benzene rings is 1.